The fourth-order valence-corrected chi connectivity index (χ4v) is 3.99. The maximum Gasteiger partial charge on any atom is 0.254 e. The van der Waals surface area contributed by atoms with E-state index in [9.17, 15) is 9.59 Å². The van der Waals surface area contributed by atoms with Gasteiger partial charge < -0.3 is 14.5 Å². The maximum atomic E-state index is 13.3. The van der Waals surface area contributed by atoms with Crippen molar-refractivity contribution in [2.75, 3.05) is 19.7 Å². The van der Waals surface area contributed by atoms with E-state index in [4.69, 9.17) is 4.74 Å². The van der Waals surface area contributed by atoms with E-state index < -0.39 is 0 Å². The molecule has 1 aliphatic heterocycles. The quantitative estimate of drug-likeness (QED) is 0.677. The minimum atomic E-state index is 0.105. The van der Waals surface area contributed by atoms with E-state index in [1.165, 1.54) is 0 Å². The Kier molecular flexibility index (Phi) is 5.79. The third-order valence-electron chi connectivity index (χ3n) is 5.71. The Labute approximate surface area is 171 Å². The molecular formula is C23H27N3O3. The highest BCUT2D eigenvalue weighted by Gasteiger charge is 2.38. The summed E-state index contributed by atoms with van der Waals surface area (Å²) >= 11 is 0. The molecule has 1 saturated heterocycles. The molecule has 2 heterocycles. The van der Waals surface area contributed by atoms with Crippen molar-refractivity contribution in [2.24, 2.45) is 0 Å². The number of hydrogen-bond donors (Lipinski definition) is 0. The lowest BCUT2D eigenvalue weighted by Crippen LogP contribution is -2.48. The van der Waals surface area contributed by atoms with Crippen molar-refractivity contribution in [1.29, 1.82) is 0 Å². The van der Waals surface area contributed by atoms with Gasteiger partial charge in [0.25, 0.3) is 5.91 Å². The second-order valence-corrected chi connectivity index (χ2v) is 7.71. The van der Waals surface area contributed by atoms with Crippen LogP contribution in [0.4, 0.5) is 0 Å². The number of carbonyl (C=O) groups excluding carboxylic acids is 2. The van der Waals surface area contributed by atoms with Crippen LogP contribution in [-0.4, -0.2) is 58.9 Å². The van der Waals surface area contributed by atoms with Crippen LogP contribution in [0.25, 0.3) is 11.1 Å². The van der Waals surface area contributed by atoms with Crippen molar-refractivity contribution < 1.29 is 14.3 Å². The monoisotopic (exact) mass is 393 g/mol. The van der Waals surface area contributed by atoms with E-state index in [-0.39, 0.29) is 11.9 Å². The van der Waals surface area contributed by atoms with Crippen LogP contribution in [0.1, 0.15) is 43.0 Å². The second-order valence-electron chi connectivity index (χ2n) is 7.71. The van der Waals surface area contributed by atoms with Crippen molar-refractivity contribution in [3.05, 3.63) is 48.2 Å². The fraction of sp³-hybridized carbons (Fsp3) is 0.435. The summed E-state index contributed by atoms with van der Waals surface area (Å²) in [7, 11) is 0. The predicted octanol–water partition coefficient (Wildman–Crippen LogP) is 3.37. The number of amides is 2. The van der Waals surface area contributed by atoms with E-state index in [0.29, 0.717) is 18.5 Å². The van der Waals surface area contributed by atoms with Crippen molar-refractivity contribution in [3.8, 4) is 17.0 Å². The van der Waals surface area contributed by atoms with Crippen LogP contribution in [-0.2, 0) is 4.79 Å². The summed E-state index contributed by atoms with van der Waals surface area (Å²) in [6.45, 7) is 3.99. The summed E-state index contributed by atoms with van der Waals surface area (Å²) in [6, 6.07) is 12.2. The molecule has 2 aromatic rings. The van der Waals surface area contributed by atoms with Gasteiger partial charge in [0.1, 0.15) is 0 Å². The Bertz CT molecular complexity index is 839. The number of rotatable bonds is 7. The molecule has 4 rings (SSSR count). The zero-order chi connectivity index (χ0) is 20.2. The molecule has 1 aliphatic carbocycles. The molecule has 152 valence electrons. The Morgan fingerprint density at radius 2 is 1.72 bits per heavy atom. The molecule has 29 heavy (non-hydrogen) atoms. The van der Waals surface area contributed by atoms with Gasteiger partial charge in [0.2, 0.25) is 12.3 Å². The smallest absolute Gasteiger partial charge is 0.254 e. The van der Waals surface area contributed by atoms with E-state index in [1.54, 1.807) is 11.1 Å². The van der Waals surface area contributed by atoms with Gasteiger partial charge >= 0.3 is 0 Å². The highest BCUT2D eigenvalue weighted by Crippen LogP contribution is 2.33. The molecule has 1 saturated carbocycles. The molecule has 1 aromatic heterocycles. The minimum absolute atomic E-state index is 0.105. The molecule has 0 N–H and O–H groups in total. The van der Waals surface area contributed by atoms with Crippen LogP contribution in [0.5, 0.6) is 5.88 Å². The number of benzene rings is 1. The van der Waals surface area contributed by atoms with E-state index >= 15 is 0 Å². The number of pyridine rings is 1. The molecule has 2 amide bonds. The van der Waals surface area contributed by atoms with Crippen molar-refractivity contribution in [1.82, 2.24) is 14.8 Å². The van der Waals surface area contributed by atoms with Gasteiger partial charge in [0, 0.05) is 48.6 Å². The molecule has 0 radical (unpaired) electrons. The van der Waals surface area contributed by atoms with Crippen molar-refractivity contribution >= 4 is 12.3 Å². The fourth-order valence-electron chi connectivity index (χ4n) is 3.99. The van der Waals surface area contributed by atoms with Crippen LogP contribution in [0.15, 0.2) is 42.6 Å². The first-order valence-electron chi connectivity index (χ1n) is 10.4. The maximum absolute atomic E-state index is 13.3. The van der Waals surface area contributed by atoms with Crippen LogP contribution in [0.3, 0.4) is 0 Å². The Hall–Kier alpha value is -2.89. The topological polar surface area (TPSA) is 62.7 Å². The van der Waals surface area contributed by atoms with E-state index in [2.05, 4.69) is 9.88 Å². The van der Waals surface area contributed by atoms with Crippen LogP contribution in [0.2, 0.25) is 0 Å². The number of hydrogen-bond acceptors (Lipinski definition) is 4. The van der Waals surface area contributed by atoms with Gasteiger partial charge in [-0.3, -0.25) is 9.59 Å². The number of piperidine rings is 1. The standard InChI is InChI=1S/C23H27N3O3/c1-2-29-22-10-7-19(15-24-22)17-3-5-18(6-4-17)23(28)26(20-8-9-20)21-11-13-25(16-27)14-12-21/h3-7,10,15-16,20-21H,2,8-9,11-14H2,1H3. The zero-order valence-electron chi connectivity index (χ0n) is 16.8. The number of aromatic nitrogens is 1. The van der Waals surface area contributed by atoms with Gasteiger partial charge in [0.05, 0.1) is 6.61 Å². The minimum Gasteiger partial charge on any atom is -0.478 e. The van der Waals surface area contributed by atoms with Gasteiger partial charge in [-0.25, -0.2) is 4.98 Å². The SMILES string of the molecule is CCOc1ccc(-c2ccc(C(=O)N(C3CC3)C3CCN(C=O)CC3)cc2)cn1. The molecule has 0 bridgehead atoms. The molecule has 2 fully saturated rings. The van der Waals surface area contributed by atoms with Crippen LogP contribution in [0, 0.1) is 0 Å². The van der Waals surface area contributed by atoms with Gasteiger partial charge in [-0.2, -0.15) is 0 Å². The lowest BCUT2D eigenvalue weighted by molar-refractivity contribution is -0.119. The summed E-state index contributed by atoms with van der Waals surface area (Å²) in [6.07, 6.45) is 6.58. The highest BCUT2D eigenvalue weighted by molar-refractivity contribution is 5.95. The Morgan fingerprint density at radius 1 is 1.07 bits per heavy atom. The predicted molar refractivity (Wildman–Crippen MR) is 111 cm³/mol. The number of likely N-dealkylation sites (tertiary alicyclic amines) is 1. The van der Waals surface area contributed by atoms with E-state index in [1.807, 2.05) is 43.3 Å². The highest BCUT2D eigenvalue weighted by atomic mass is 16.5. The molecular weight excluding hydrogens is 366 g/mol. The largest absolute Gasteiger partial charge is 0.478 e. The molecule has 0 unspecified atom stereocenters. The molecule has 2 aliphatic rings. The lowest BCUT2D eigenvalue weighted by atomic mass is 10.0. The Morgan fingerprint density at radius 3 is 2.28 bits per heavy atom. The van der Waals surface area contributed by atoms with Gasteiger partial charge in [-0.05, 0) is 56.4 Å². The normalized spacial score (nSPS) is 17.1. The number of ether oxygens (including phenoxy) is 1. The van der Waals surface area contributed by atoms with Crippen LogP contribution < -0.4 is 4.74 Å². The summed E-state index contributed by atoms with van der Waals surface area (Å²) in [5, 5.41) is 0. The first-order valence-corrected chi connectivity index (χ1v) is 10.4. The lowest BCUT2D eigenvalue weighted by Gasteiger charge is -2.37. The average molecular weight is 393 g/mol. The summed E-state index contributed by atoms with van der Waals surface area (Å²) in [4.78, 5) is 32.4. The van der Waals surface area contributed by atoms with Gasteiger partial charge in [-0.1, -0.05) is 12.1 Å². The number of carbonyl (C=O) groups is 2. The van der Waals surface area contributed by atoms with E-state index in [0.717, 1.165) is 61.9 Å². The third-order valence-corrected chi connectivity index (χ3v) is 5.71. The van der Waals surface area contributed by atoms with Crippen molar-refractivity contribution in [2.45, 2.75) is 44.7 Å². The second kappa shape index (κ2) is 8.64. The molecule has 6 nitrogen and oxygen atoms in total. The molecule has 1 aromatic carbocycles. The first-order chi connectivity index (χ1) is 14.2. The molecule has 6 heteroatoms. The molecule has 0 spiro atoms. The third kappa shape index (κ3) is 4.42. The molecule has 0 atom stereocenters. The number of nitrogens with zero attached hydrogens (tertiary/aromatic N) is 3. The Balaban J connectivity index is 1.47. The summed E-state index contributed by atoms with van der Waals surface area (Å²) in [5.41, 5.74) is 2.74. The first kappa shape index (κ1) is 19.4. The van der Waals surface area contributed by atoms with Gasteiger partial charge in [0.15, 0.2) is 0 Å². The zero-order valence-corrected chi connectivity index (χ0v) is 16.8. The average Bonchev–Trinajstić information content (AvgIpc) is 3.60. The summed E-state index contributed by atoms with van der Waals surface area (Å²) < 4.78 is 5.39. The van der Waals surface area contributed by atoms with Gasteiger partial charge in [-0.15, -0.1) is 0 Å². The van der Waals surface area contributed by atoms with Crippen LogP contribution >= 0.6 is 0 Å². The summed E-state index contributed by atoms with van der Waals surface area (Å²) in [5.74, 6) is 0.720. The van der Waals surface area contributed by atoms with Crippen molar-refractivity contribution in [3.63, 3.8) is 0 Å².